The van der Waals surface area contributed by atoms with Gasteiger partial charge in [0.2, 0.25) is 10.0 Å². The number of piperazine rings is 1. The zero-order valence-corrected chi connectivity index (χ0v) is 17.5. The van der Waals surface area contributed by atoms with Crippen LogP contribution < -0.4 is 9.47 Å². The minimum absolute atomic E-state index is 0.162. The van der Waals surface area contributed by atoms with Gasteiger partial charge in [0.1, 0.15) is 5.60 Å². The van der Waals surface area contributed by atoms with Crippen LogP contribution in [0.1, 0.15) is 27.2 Å². The molecule has 0 N–H and O–H groups in total. The summed E-state index contributed by atoms with van der Waals surface area (Å²) in [5.74, 6) is 0.729. The summed E-state index contributed by atoms with van der Waals surface area (Å²) in [6, 6.07) is 4.73. The number of esters is 1. The Bertz CT molecular complexity index is 810. The third kappa shape index (κ3) is 5.15. The van der Waals surface area contributed by atoms with Crippen LogP contribution in [0.5, 0.6) is 11.5 Å². The minimum atomic E-state index is -3.63. The van der Waals surface area contributed by atoms with Crippen molar-refractivity contribution in [2.75, 3.05) is 45.9 Å². The first kappa shape index (κ1) is 20.9. The Hall–Kier alpha value is -1.84. The third-order valence-corrected chi connectivity index (χ3v) is 6.36. The van der Waals surface area contributed by atoms with Gasteiger partial charge in [0.25, 0.3) is 0 Å². The van der Waals surface area contributed by atoms with Crippen molar-refractivity contribution < 1.29 is 27.4 Å². The van der Waals surface area contributed by atoms with E-state index in [1.54, 1.807) is 12.1 Å². The minimum Gasteiger partial charge on any atom is -0.490 e. The molecule has 1 aromatic carbocycles. The van der Waals surface area contributed by atoms with E-state index in [0.717, 1.165) is 6.42 Å². The van der Waals surface area contributed by atoms with Crippen molar-refractivity contribution in [2.45, 2.75) is 37.7 Å². The molecular weight excluding hydrogens is 384 g/mol. The van der Waals surface area contributed by atoms with Gasteiger partial charge in [-0.1, -0.05) is 0 Å². The van der Waals surface area contributed by atoms with Gasteiger partial charge < -0.3 is 14.2 Å². The number of fused-ring (bicyclic) bond motifs is 1. The summed E-state index contributed by atoms with van der Waals surface area (Å²) in [6.45, 7) is 8.28. The van der Waals surface area contributed by atoms with Gasteiger partial charge in [0, 0.05) is 38.7 Å². The Kier molecular flexibility index (Phi) is 6.16. The van der Waals surface area contributed by atoms with Crippen LogP contribution in [0.25, 0.3) is 0 Å². The largest absolute Gasteiger partial charge is 0.490 e. The van der Waals surface area contributed by atoms with E-state index >= 15 is 0 Å². The highest BCUT2D eigenvalue weighted by molar-refractivity contribution is 7.89. The molecule has 0 spiro atoms. The highest BCUT2D eigenvalue weighted by Crippen LogP contribution is 2.33. The number of sulfonamides is 1. The molecule has 1 fully saturated rings. The monoisotopic (exact) mass is 412 g/mol. The van der Waals surface area contributed by atoms with Crippen LogP contribution in [0.3, 0.4) is 0 Å². The van der Waals surface area contributed by atoms with E-state index in [9.17, 15) is 13.2 Å². The number of hydrogen-bond donors (Lipinski definition) is 0. The molecule has 1 saturated heterocycles. The van der Waals surface area contributed by atoms with E-state index in [4.69, 9.17) is 14.2 Å². The lowest BCUT2D eigenvalue weighted by atomic mass is 10.2. The summed E-state index contributed by atoms with van der Waals surface area (Å²) < 4.78 is 43.9. The van der Waals surface area contributed by atoms with Crippen molar-refractivity contribution in [1.82, 2.24) is 9.21 Å². The van der Waals surface area contributed by atoms with Crippen LogP contribution in [0, 0.1) is 0 Å². The zero-order valence-electron chi connectivity index (χ0n) is 16.6. The zero-order chi connectivity index (χ0) is 20.4. The average Bonchev–Trinajstić information content (AvgIpc) is 2.85. The molecule has 3 rings (SSSR count). The van der Waals surface area contributed by atoms with Crippen LogP contribution in [0.4, 0.5) is 0 Å². The highest BCUT2D eigenvalue weighted by atomic mass is 32.2. The van der Waals surface area contributed by atoms with Gasteiger partial charge >= 0.3 is 5.97 Å². The second-order valence-corrected chi connectivity index (χ2v) is 9.86. The van der Waals surface area contributed by atoms with Gasteiger partial charge in [0.15, 0.2) is 11.5 Å². The Morgan fingerprint density at radius 1 is 1.07 bits per heavy atom. The van der Waals surface area contributed by atoms with E-state index in [1.807, 2.05) is 25.7 Å². The number of carbonyl (C=O) groups is 1. The Labute approximate surface area is 166 Å². The molecule has 0 radical (unpaired) electrons. The number of hydrogen-bond acceptors (Lipinski definition) is 7. The van der Waals surface area contributed by atoms with Crippen molar-refractivity contribution >= 4 is 16.0 Å². The summed E-state index contributed by atoms with van der Waals surface area (Å²) in [5, 5.41) is 0. The molecule has 0 amide bonds. The molecule has 28 heavy (non-hydrogen) atoms. The normalized spacial score (nSPS) is 19.1. The molecule has 0 saturated carbocycles. The van der Waals surface area contributed by atoms with E-state index in [2.05, 4.69) is 0 Å². The molecule has 2 heterocycles. The Morgan fingerprint density at radius 3 is 2.36 bits per heavy atom. The van der Waals surface area contributed by atoms with E-state index in [-0.39, 0.29) is 17.4 Å². The van der Waals surface area contributed by atoms with Gasteiger partial charge in [-0.25, -0.2) is 8.42 Å². The summed E-state index contributed by atoms with van der Waals surface area (Å²) >= 11 is 0. The summed E-state index contributed by atoms with van der Waals surface area (Å²) in [7, 11) is -3.63. The number of nitrogens with zero attached hydrogens (tertiary/aromatic N) is 2. The molecule has 0 atom stereocenters. The second kappa shape index (κ2) is 8.26. The number of carbonyl (C=O) groups excluding carboxylic acids is 1. The lowest BCUT2D eigenvalue weighted by molar-refractivity contribution is -0.156. The third-order valence-electron chi connectivity index (χ3n) is 4.46. The van der Waals surface area contributed by atoms with Gasteiger partial charge in [-0.05, 0) is 32.9 Å². The average molecular weight is 413 g/mol. The molecular formula is C19H28N2O6S. The Balaban J connectivity index is 1.62. The number of ether oxygens (including phenoxy) is 3. The molecule has 2 aliphatic heterocycles. The van der Waals surface area contributed by atoms with Crippen molar-refractivity contribution in [3.63, 3.8) is 0 Å². The van der Waals surface area contributed by atoms with Gasteiger partial charge in [0.05, 0.1) is 24.7 Å². The molecule has 8 nitrogen and oxygen atoms in total. The van der Waals surface area contributed by atoms with Crippen LogP contribution >= 0.6 is 0 Å². The fraction of sp³-hybridized carbons (Fsp3) is 0.632. The molecule has 156 valence electrons. The van der Waals surface area contributed by atoms with Crippen molar-refractivity contribution in [3.05, 3.63) is 18.2 Å². The van der Waals surface area contributed by atoms with Crippen LogP contribution in [-0.4, -0.2) is 75.1 Å². The second-order valence-electron chi connectivity index (χ2n) is 7.93. The van der Waals surface area contributed by atoms with Crippen molar-refractivity contribution in [2.24, 2.45) is 0 Å². The van der Waals surface area contributed by atoms with Crippen LogP contribution in [-0.2, 0) is 19.6 Å². The standard InChI is InChI=1S/C19H28N2O6S/c1-19(2,3)27-18(22)14-20-7-9-21(10-8-20)28(23,24)15-5-6-16-17(13-15)26-12-4-11-25-16/h5-6,13H,4,7-12,14H2,1-3H3. The summed E-state index contributed by atoms with van der Waals surface area (Å²) in [6.07, 6.45) is 0.760. The first-order valence-corrected chi connectivity index (χ1v) is 10.9. The predicted molar refractivity (Wildman–Crippen MR) is 103 cm³/mol. The van der Waals surface area contributed by atoms with Crippen LogP contribution in [0.2, 0.25) is 0 Å². The maximum atomic E-state index is 13.0. The van der Waals surface area contributed by atoms with Gasteiger partial charge in [-0.3, -0.25) is 9.69 Å². The number of benzene rings is 1. The number of rotatable bonds is 4. The van der Waals surface area contributed by atoms with E-state index < -0.39 is 15.6 Å². The highest BCUT2D eigenvalue weighted by Gasteiger charge is 2.30. The molecule has 2 aliphatic rings. The van der Waals surface area contributed by atoms with Gasteiger partial charge in [-0.2, -0.15) is 4.31 Å². The maximum Gasteiger partial charge on any atom is 0.320 e. The smallest absolute Gasteiger partial charge is 0.320 e. The molecule has 0 unspecified atom stereocenters. The SMILES string of the molecule is CC(C)(C)OC(=O)CN1CCN(S(=O)(=O)c2ccc3c(c2)OCCCO3)CC1. The van der Waals surface area contributed by atoms with Crippen LogP contribution in [0.15, 0.2) is 23.1 Å². The lowest BCUT2D eigenvalue weighted by Gasteiger charge is -2.34. The van der Waals surface area contributed by atoms with E-state index in [1.165, 1.54) is 10.4 Å². The molecule has 0 bridgehead atoms. The van der Waals surface area contributed by atoms with Crippen molar-refractivity contribution in [3.8, 4) is 11.5 Å². The van der Waals surface area contributed by atoms with Gasteiger partial charge in [-0.15, -0.1) is 0 Å². The molecule has 9 heteroatoms. The molecule has 1 aromatic rings. The predicted octanol–water partition coefficient (Wildman–Crippen LogP) is 1.50. The molecule has 0 aromatic heterocycles. The quantitative estimate of drug-likeness (QED) is 0.693. The fourth-order valence-corrected chi connectivity index (χ4v) is 4.58. The summed E-state index contributed by atoms with van der Waals surface area (Å²) in [4.78, 5) is 14.1. The molecule has 0 aliphatic carbocycles. The van der Waals surface area contributed by atoms with E-state index in [0.29, 0.717) is 50.9 Å². The summed E-state index contributed by atoms with van der Waals surface area (Å²) in [5.41, 5.74) is -0.528. The first-order valence-electron chi connectivity index (χ1n) is 9.49. The maximum absolute atomic E-state index is 13.0. The lowest BCUT2D eigenvalue weighted by Crippen LogP contribution is -2.50. The fourth-order valence-electron chi connectivity index (χ4n) is 3.14. The van der Waals surface area contributed by atoms with Crippen molar-refractivity contribution in [1.29, 1.82) is 0 Å². The first-order chi connectivity index (χ1) is 13.1. The Morgan fingerprint density at radius 2 is 1.71 bits per heavy atom. The topological polar surface area (TPSA) is 85.4 Å².